The molecule has 2 nitrogen and oxygen atoms in total. The minimum atomic E-state index is 0.624. The first kappa shape index (κ1) is 28.9. The molecule has 5 aliphatic rings. The van der Waals surface area contributed by atoms with Crippen LogP contribution in [0.1, 0.15) is 81.3 Å². The number of fused-ring (bicyclic) bond motifs is 5. The van der Waals surface area contributed by atoms with Gasteiger partial charge in [0.15, 0.2) is 0 Å². The number of nitriles is 1. The summed E-state index contributed by atoms with van der Waals surface area (Å²) < 4.78 is 0. The van der Waals surface area contributed by atoms with Crippen LogP contribution >= 0.6 is 11.8 Å². The maximum atomic E-state index is 9.98. The van der Waals surface area contributed by atoms with E-state index in [0.717, 1.165) is 62.7 Å². The highest BCUT2D eigenvalue weighted by molar-refractivity contribution is 8.00. The van der Waals surface area contributed by atoms with Gasteiger partial charge in [-0.25, -0.2) is 0 Å². The van der Waals surface area contributed by atoms with Gasteiger partial charge in [-0.05, 0) is 120 Å². The molecule has 2 heterocycles. The van der Waals surface area contributed by atoms with Gasteiger partial charge in [-0.1, -0.05) is 98.1 Å². The number of nitrogens with zero attached hydrogens (tertiary/aromatic N) is 2. The fourth-order valence-electron chi connectivity index (χ4n) is 10.5. The van der Waals surface area contributed by atoms with Gasteiger partial charge in [-0.3, -0.25) is 4.90 Å². The van der Waals surface area contributed by atoms with Gasteiger partial charge in [-0.2, -0.15) is 17.0 Å². The second-order valence-electron chi connectivity index (χ2n) is 14.8. The molecule has 2 aliphatic heterocycles. The summed E-state index contributed by atoms with van der Waals surface area (Å²) in [7, 11) is 0. The van der Waals surface area contributed by atoms with Gasteiger partial charge in [0.1, 0.15) is 0 Å². The molecular formula is C43H44N2S. The van der Waals surface area contributed by atoms with Crippen molar-refractivity contribution < 1.29 is 0 Å². The molecule has 2 saturated heterocycles. The van der Waals surface area contributed by atoms with E-state index in [2.05, 4.69) is 114 Å². The predicted molar refractivity (Wildman–Crippen MR) is 192 cm³/mol. The van der Waals surface area contributed by atoms with Crippen LogP contribution in [0.25, 0.3) is 33.4 Å². The van der Waals surface area contributed by atoms with E-state index >= 15 is 0 Å². The molecule has 0 N–H and O–H groups in total. The molecule has 8 atom stereocenters. The molecule has 0 aromatic heterocycles. The second-order valence-corrected chi connectivity index (χ2v) is 16.3. The summed E-state index contributed by atoms with van der Waals surface area (Å²) in [5.41, 5.74) is 9.26. The Morgan fingerprint density at radius 1 is 0.565 bits per heavy atom. The highest BCUT2D eigenvalue weighted by Gasteiger charge is 2.59. The van der Waals surface area contributed by atoms with Gasteiger partial charge in [0.25, 0.3) is 0 Å². The van der Waals surface area contributed by atoms with Crippen molar-refractivity contribution in [2.75, 3.05) is 0 Å². The number of hydrogen-bond acceptors (Lipinski definition) is 3. The van der Waals surface area contributed by atoms with Gasteiger partial charge in [0.2, 0.25) is 0 Å². The quantitative estimate of drug-likeness (QED) is 0.227. The fraction of sp³-hybridized carbons (Fsp3) is 0.419. The minimum Gasteiger partial charge on any atom is -0.292 e. The van der Waals surface area contributed by atoms with Crippen LogP contribution in [0, 0.1) is 23.2 Å². The Balaban J connectivity index is 0.974. The Morgan fingerprint density at radius 2 is 1.28 bits per heavy atom. The highest BCUT2D eigenvalue weighted by Crippen LogP contribution is 2.59. The zero-order chi connectivity index (χ0) is 30.6. The summed E-state index contributed by atoms with van der Waals surface area (Å²) in [5, 5.41) is 11.6. The Labute approximate surface area is 279 Å². The smallest absolute Gasteiger partial charge is 0.0992 e. The molecule has 9 rings (SSSR count). The molecule has 3 aliphatic carbocycles. The summed E-state index contributed by atoms with van der Waals surface area (Å²) in [6, 6.07) is 40.0. The van der Waals surface area contributed by atoms with E-state index in [0.29, 0.717) is 5.92 Å². The summed E-state index contributed by atoms with van der Waals surface area (Å²) in [6.45, 7) is 0. The molecule has 3 saturated carbocycles. The van der Waals surface area contributed by atoms with E-state index in [1.807, 2.05) is 6.07 Å². The van der Waals surface area contributed by atoms with Crippen LogP contribution in [0.15, 0.2) is 97.1 Å². The molecule has 4 aromatic carbocycles. The van der Waals surface area contributed by atoms with Crippen LogP contribution in [0.4, 0.5) is 0 Å². The van der Waals surface area contributed by atoms with E-state index in [1.54, 1.807) is 0 Å². The largest absolute Gasteiger partial charge is 0.292 e. The van der Waals surface area contributed by atoms with Crippen molar-refractivity contribution in [3.05, 3.63) is 108 Å². The molecule has 3 heteroatoms. The maximum absolute atomic E-state index is 9.98. The highest BCUT2D eigenvalue weighted by atomic mass is 32.2. The van der Waals surface area contributed by atoms with E-state index in [9.17, 15) is 5.26 Å². The Kier molecular flexibility index (Phi) is 7.56. The molecule has 4 aromatic rings. The molecule has 232 valence electrons. The van der Waals surface area contributed by atoms with Crippen molar-refractivity contribution in [3.63, 3.8) is 0 Å². The Bertz CT molecular complexity index is 1760. The van der Waals surface area contributed by atoms with Crippen molar-refractivity contribution in [1.29, 1.82) is 5.26 Å². The van der Waals surface area contributed by atoms with Gasteiger partial charge in [0.05, 0.1) is 11.6 Å². The first-order chi connectivity index (χ1) is 22.7. The third-order valence-electron chi connectivity index (χ3n) is 12.5. The van der Waals surface area contributed by atoms with Crippen LogP contribution < -0.4 is 0 Å². The maximum Gasteiger partial charge on any atom is 0.0992 e. The molecule has 0 radical (unpaired) electrons. The molecule has 5 fully saturated rings. The van der Waals surface area contributed by atoms with Crippen molar-refractivity contribution in [3.8, 4) is 39.4 Å². The normalized spacial score (nSPS) is 31.7. The lowest BCUT2D eigenvalue weighted by molar-refractivity contribution is 0.0591. The topological polar surface area (TPSA) is 27.0 Å². The number of rotatable bonds is 4. The van der Waals surface area contributed by atoms with E-state index in [-0.39, 0.29) is 0 Å². The average Bonchev–Trinajstić information content (AvgIpc) is 3.47. The molecular weight excluding hydrogens is 577 g/mol. The summed E-state index contributed by atoms with van der Waals surface area (Å²) in [4.78, 5) is 3.17. The number of thioether (sulfide) groups is 1. The van der Waals surface area contributed by atoms with E-state index in [4.69, 9.17) is 0 Å². The fourth-order valence-corrected chi connectivity index (χ4v) is 12.6. The van der Waals surface area contributed by atoms with Crippen LogP contribution in [-0.4, -0.2) is 33.5 Å². The molecule has 8 unspecified atom stereocenters. The van der Waals surface area contributed by atoms with E-state index < -0.39 is 0 Å². The van der Waals surface area contributed by atoms with E-state index in [1.165, 1.54) is 86.5 Å². The zero-order valence-electron chi connectivity index (χ0n) is 26.7. The van der Waals surface area contributed by atoms with Gasteiger partial charge < -0.3 is 0 Å². The Morgan fingerprint density at radius 3 is 2.11 bits per heavy atom. The average molecular weight is 621 g/mol. The minimum absolute atomic E-state index is 0.624. The van der Waals surface area contributed by atoms with Crippen LogP contribution in [0.3, 0.4) is 0 Å². The number of benzene rings is 4. The third-order valence-corrected chi connectivity index (χ3v) is 14.2. The lowest BCUT2D eigenvalue weighted by Gasteiger charge is -2.54. The lowest BCUT2D eigenvalue weighted by Crippen LogP contribution is -2.60. The standard InChI is InChI=1S/C43H44N2S/c44-27-28-22-35(31-18-16-30(17-19-31)29-8-2-1-3-9-29)25-36(23-28)33-11-6-10-32(24-33)34-20-21-40-42(26-34)46-41-15-7-13-38-37-12-4-5-14-39(37)45(40)43(38)41/h1-3,6,8-11,16-19,22-25,34,37-43H,4-5,7,12-15,20-21,26H2. The van der Waals surface area contributed by atoms with Crippen LogP contribution in [-0.2, 0) is 0 Å². The third kappa shape index (κ3) is 5.04. The van der Waals surface area contributed by atoms with Crippen LogP contribution in [0.5, 0.6) is 0 Å². The number of hydrogen-bond donors (Lipinski definition) is 0. The monoisotopic (exact) mass is 620 g/mol. The first-order valence-corrected chi connectivity index (χ1v) is 18.9. The van der Waals surface area contributed by atoms with Gasteiger partial charge in [0, 0.05) is 28.6 Å². The van der Waals surface area contributed by atoms with Crippen molar-refractivity contribution >= 4 is 11.8 Å². The lowest BCUT2D eigenvalue weighted by atomic mass is 9.73. The first-order valence-electron chi connectivity index (χ1n) is 18.0. The van der Waals surface area contributed by atoms with Crippen LogP contribution in [0.2, 0.25) is 0 Å². The molecule has 0 bridgehead atoms. The van der Waals surface area contributed by atoms with Gasteiger partial charge >= 0.3 is 0 Å². The second kappa shape index (κ2) is 12.0. The summed E-state index contributed by atoms with van der Waals surface area (Å²) in [6.07, 6.45) is 14.3. The van der Waals surface area contributed by atoms with Crippen molar-refractivity contribution in [2.45, 2.75) is 98.8 Å². The molecule has 46 heavy (non-hydrogen) atoms. The SMILES string of the molecule is N#Cc1cc(-c2ccc(-c3ccccc3)cc2)cc(-c2cccc(C3CCC4C(C3)SC3CCCC5C6CCCCC6N4C35)c2)c1. The summed E-state index contributed by atoms with van der Waals surface area (Å²) >= 11 is 2.42. The predicted octanol–water partition coefficient (Wildman–Crippen LogP) is 10.7. The summed E-state index contributed by atoms with van der Waals surface area (Å²) in [5.74, 6) is 2.60. The Hall–Kier alpha value is -3.32. The van der Waals surface area contributed by atoms with Gasteiger partial charge in [-0.15, -0.1) is 0 Å². The molecule has 0 amide bonds. The van der Waals surface area contributed by atoms with Crippen molar-refractivity contribution in [2.24, 2.45) is 11.8 Å². The zero-order valence-corrected chi connectivity index (χ0v) is 27.5. The molecule has 0 spiro atoms. The van der Waals surface area contributed by atoms with Crippen molar-refractivity contribution in [1.82, 2.24) is 4.90 Å².